The number of aryl methyl sites for hydroxylation is 1. The fourth-order valence-electron chi connectivity index (χ4n) is 1.37. The number of nitrogens with zero attached hydrogens (tertiary/aromatic N) is 4. The summed E-state index contributed by atoms with van der Waals surface area (Å²) in [7, 11) is 0. The molecular weight excluding hydrogens is 295 g/mol. The highest BCUT2D eigenvalue weighted by Gasteiger charge is 2.41. The van der Waals surface area contributed by atoms with Gasteiger partial charge in [-0.1, -0.05) is 10.4 Å². The monoisotopic (exact) mass is 303 g/mol. The Morgan fingerprint density at radius 2 is 2.14 bits per heavy atom. The van der Waals surface area contributed by atoms with E-state index < -0.39 is 30.1 Å². The largest absolute Gasteiger partial charge is 0.456 e. The zero-order valence-corrected chi connectivity index (χ0v) is 10.5. The summed E-state index contributed by atoms with van der Waals surface area (Å²) in [5.41, 5.74) is -0.338. The number of nitrogens with one attached hydrogen (secondary N) is 1. The summed E-state index contributed by atoms with van der Waals surface area (Å²) < 4.78 is 42.0. The molecule has 2 aromatic rings. The molecular formula is C10H8F3N5O3. The fraction of sp³-hybridized carbons (Fsp3) is 0.300. The minimum Gasteiger partial charge on any atom is -0.338 e. The molecule has 112 valence electrons. The van der Waals surface area contributed by atoms with Crippen LogP contribution in [0.4, 0.5) is 19.1 Å². The van der Waals surface area contributed by atoms with Gasteiger partial charge in [-0.05, 0) is 6.92 Å². The number of carbonyl (C=O) groups excluding carboxylic acids is 2. The van der Waals surface area contributed by atoms with E-state index in [2.05, 4.69) is 20.8 Å². The number of ketones is 1. The van der Waals surface area contributed by atoms with E-state index in [0.717, 1.165) is 10.9 Å². The van der Waals surface area contributed by atoms with E-state index in [9.17, 15) is 22.8 Å². The standard InChI is InChI=1S/C10H8F3N5O3/c1-5-2-8(21-16-5)14-7(19)4-18-3-6(15-17-18)9(20)10(11,12)13/h2-3H,4H2,1H3,(H,14,19). The van der Waals surface area contributed by atoms with Gasteiger partial charge in [0.25, 0.3) is 5.78 Å². The van der Waals surface area contributed by atoms with Crippen molar-refractivity contribution in [1.82, 2.24) is 20.2 Å². The second-order valence-corrected chi connectivity index (χ2v) is 4.01. The van der Waals surface area contributed by atoms with Crippen molar-refractivity contribution in [2.75, 3.05) is 5.32 Å². The first-order chi connectivity index (χ1) is 9.75. The van der Waals surface area contributed by atoms with Gasteiger partial charge in [-0.3, -0.25) is 14.9 Å². The van der Waals surface area contributed by atoms with E-state index in [1.54, 1.807) is 6.92 Å². The van der Waals surface area contributed by atoms with E-state index in [0.29, 0.717) is 5.69 Å². The second-order valence-electron chi connectivity index (χ2n) is 4.01. The van der Waals surface area contributed by atoms with Crippen molar-refractivity contribution in [2.45, 2.75) is 19.6 Å². The van der Waals surface area contributed by atoms with Crippen LogP contribution in [0.1, 0.15) is 16.2 Å². The third-order valence-corrected chi connectivity index (χ3v) is 2.22. The van der Waals surface area contributed by atoms with Crippen molar-refractivity contribution < 1.29 is 27.3 Å². The number of rotatable bonds is 4. The van der Waals surface area contributed by atoms with Gasteiger partial charge in [0.1, 0.15) is 6.54 Å². The smallest absolute Gasteiger partial charge is 0.338 e. The van der Waals surface area contributed by atoms with Gasteiger partial charge in [0.05, 0.1) is 11.9 Å². The van der Waals surface area contributed by atoms with Crippen LogP contribution in [0, 0.1) is 6.92 Å². The molecule has 2 heterocycles. The third-order valence-electron chi connectivity index (χ3n) is 2.22. The van der Waals surface area contributed by atoms with Crippen LogP contribution in [-0.4, -0.2) is 38.0 Å². The van der Waals surface area contributed by atoms with Gasteiger partial charge in [0.15, 0.2) is 5.69 Å². The third kappa shape index (κ3) is 3.64. The summed E-state index contributed by atoms with van der Waals surface area (Å²) in [5.74, 6) is -2.66. The molecule has 0 aliphatic carbocycles. The maximum Gasteiger partial charge on any atom is 0.456 e. The molecule has 0 fully saturated rings. The Hall–Kier alpha value is -2.72. The highest BCUT2D eigenvalue weighted by atomic mass is 19.4. The summed E-state index contributed by atoms with van der Waals surface area (Å²) in [6.07, 6.45) is -4.30. The van der Waals surface area contributed by atoms with Crippen LogP contribution in [0.2, 0.25) is 0 Å². The summed E-state index contributed by atoms with van der Waals surface area (Å²) in [5, 5.41) is 12.2. The minimum atomic E-state index is -5.04. The number of aromatic nitrogens is 4. The van der Waals surface area contributed by atoms with Crippen molar-refractivity contribution in [1.29, 1.82) is 0 Å². The predicted octanol–water partition coefficient (Wildman–Crippen LogP) is 0.958. The lowest BCUT2D eigenvalue weighted by Crippen LogP contribution is -2.23. The van der Waals surface area contributed by atoms with Gasteiger partial charge in [-0.25, -0.2) is 4.68 Å². The van der Waals surface area contributed by atoms with Gasteiger partial charge in [0.2, 0.25) is 11.8 Å². The maximum atomic E-state index is 12.2. The fourth-order valence-corrected chi connectivity index (χ4v) is 1.37. The molecule has 0 bridgehead atoms. The van der Waals surface area contributed by atoms with Gasteiger partial charge >= 0.3 is 6.18 Å². The number of carbonyl (C=O) groups is 2. The van der Waals surface area contributed by atoms with Crippen molar-refractivity contribution >= 4 is 17.6 Å². The van der Waals surface area contributed by atoms with Crippen LogP contribution in [0.15, 0.2) is 16.8 Å². The zero-order valence-electron chi connectivity index (χ0n) is 10.5. The predicted molar refractivity (Wildman–Crippen MR) is 60.3 cm³/mol. The van der Waals surface area contributed by atoms with Crippen LogP contribution in [-0.2, 0) is 11.3 Å². The van der Waals surface area contributed by atoms with Crippen LogP contribution >= 0.6 is 0 Å². The van der Waals surface area contributed by atoms with E-state index >= 15 is 0 Å². The van der Waals surface area contributed by atoms with E-state index in [-0.39, 0.29) is 5.88 Å². The lowest BCUT2D eigenvalue weighted by atomic mass is 10.3. The molecule has 2 rings (SSSR count). The number of halogens is 3. The SMILES string of the molecule is Cc1cc(NC(=O)Cn2cc(C(=O)C(F)(F)F)nn2)on1. The normalized spacial score (nSPS) is 11.4. The molecule has 0 saturated carbocycles. The Kier molecular flexibility index (Phi) is 3.74. The Balaban J connectivity index is 1.99. The summed E-state index contributed by atoms with van der Waals surface area (Å²) in [4.78, 5) is 22.5. The highest BCUT2D eigenvalue weighted by molar-refractivity contribution is 5.98. The molecule has 0 aromatic carbocycles. The van der Waals surface area contributed by atoms with Gasteiger partial charge < -0.3 is 4.52 Å². The maximum absolute atomic E-state index is 12.2. The Morgan fingerprint density at radius 3 is 2.71 bits per heavy atom. The molecule has 2 aromatic heterocycles. The number of alkyl halides is 3. The molecule has 0 spiro atoms. The number of amides is 1. The Morgan fingerprint density at radius 1 is 1.43 bits per heavy atom. The first-order valence-corrected chi connectivity index (χ1v) is 5.50. The minimum absolute atomic E-state index is 0.0872. The molecule has 8 nitrogen and oxygen atoms in total. The average Bonchev–Trinajstić information content (AvgIpc) is 2.96. The van der Waals surface area contributed by atoms with Crippen molar-refractivity contribution in [3.05, 3.63) is 23.7 Å². The molecule has 0 saturated heterocycles. The van der Waals surface area contributed by atoms with E-state index in [1.807, 2.05) is 0 Å². The molecule has 0 atom stereocenters. The van der Waals surface area contributed by atoms with Crippen molar-refractivity contribution in [2.24, 2.45) is 0 Å². The van der Waals surface area contributed by atoms with Crippen molar-refractivity contribution in [3.63, 3.8) is 0 Å². The lowest BCUT2D eigenvalue weighted by molar-refractivity contribution is -0.117. The first-order valence-electron chi connectivity index (χ1n) is 5.50. The molecule has 1 N–H and O–H groups in total. The molecule has 21 heavy (non-hydrogen) atoms. The van der Waals surface area contributed by atoms with Crippen LogP contribution in [0.25, 0.3) is 0 Å². The molecule has 0 unspecified atom stereocenters. The number of hydrogen-bond donors (Lipinski definition) is 1. The lowest BCUT2D eigenvalue weighted by Gasteiger charge is -2.01. The molecule has 1 amide bonds. The molecule has 0 radical (unpaired) electrons. The summed E-state index contributed by atoms with van der Waals surface area (Å²) in [6, 6.07) is 1.46. The van der Waals surface area contributed by atoms with E-state index in [1.165, 1.54) is 6.07 Å². The zero-order chi connectivity index (χ0) is 15.6. The number of hydrogen-bond acceptors (Lipinski definition) is 6. The quantitative estimate of drug-likeness (QED) is 0.844. The second kappa shape index (κ2) is 5.34. The number of anilines is 1. The average molecular weight is 303 g/mol. The van der Waals surface area contributed by atoms with Gasteiger partial charge in [0, 0.05) is 6.07 Å². The van der Waals surface area contributed by atoms with Crippen LogP contribution in [0.5, 0.6) is 0 Å². The van der Waals surface area contributed by atoms with E-state index in [4.69, 9.17) is 4.52 Å². The first kappa shape index (κ1) is 14.7. The summed E-state index contributed by atoms with van der Waals surface area (Å²) in [6.45, 7) is 1.21. The van der Waals surface area contributed by atoms with Crippen LogP contribution in [0.3, 0.4) is 0 Å². The summed E-state index contributed by atoms with van der Waals surface area (Å²) >= 11 is 0. The topological polar surface area (TPSA) is 103 Å². The van der Waals surface area contributed by atoms with Crippen LogP contribution < -0.4 is 5.32 Å². The Bertz CT molecular complexity index is 676. The highest BCUT2D eigenvalue weighted by Crippen LogP contribution is 2.19. The van der Waals surface area contributed by atoms with Gasteiger partial charge in [-0.2, -0.15) is 13.2 Å². The van der Waals surface area contributed by atoms with Crippen molar-refractivity contribution in [3.8, 4) is 0 Å². The van der Waals surface area contributed by atoms with Gasteiger partial charge in [-0.15, -0.1) is 5.10 Å². The Labute approximate surface area is 114 Å². The molecule has 11 heteroatoms. The molecule has 0 aliphatic heterocycles. The molecule has 0 aliphatic rings. The number of Topliss-reactive ketones (excluding diaryl/α,β-unsaturated/α-hetero) is 1.